The quantitative estimate of drug-likeness (QED) is 0.922. The smallest absolute Gasteiger partial charge is 0.251 e. The van der Waals surface area contributed by atoms with Gasteiger partial charge in [-0.05, 0) is 49.5 Å². The number of thiophene rings is 1. The first-order chi connectivity index (χ1) is 10.8. The van der Waals surface area contributed by atoms with E-state index in [9.17, 15) is 4.79 Å². The van der Waals surface area contributed by atoms with E-state index in [1.165, 1.54) is 19.3 Å². The van der Waals surface area contributed by atoms with Gasteiger partial charge in [-0.25, -0.2) is 0 Å². The molecule has 0 radical (unpaired) electrons. The van der Waals surface area contributed by atoms with Gasteiger partial charge >= 0.3 is 0 Å². The fraction of sp³-hybridized carbons (Fsp3) is 0.412. The molecular weight excluding hydrogens is 294 g/mol. The standard InChI is InChI=1S/C17H21N3OS/c21-17(19-8-11-20-9-2-1-3-10-20)14-6-7-18-15(13-14)16-5-4-12-22-16/h4-7,12-13H,1-3,8-11H2,(H,19,21). The zero-order chi connectivity index (χ0) is 15.2. The number of piperidine rings is 1. The molecule has 0 saturated carbocycles. The van der Waals surface area contributed by atoms with Crippen molar-refractivity contribution in [2.24, 2.45) is 0 Å². The van der Waals surface area contributed by atoms with Crippen molar-refractivity contribution in [1.82, 2.24) is 15.2 Å². The second-order valence-corrected chi connectivity index (χ2v) is 6.51. The van der Waals surface area contributed by atoms with Crippen molar-refractivity contribution in [3.05, 3.63) is 41.4 Å². The maximum Gasteiger partial charge on any atom is 0.251 e. The van der Waals surface area contributed by atoms with Crippen LogP contribution in [-0.2, 0) is 0 Å². The van der Waals surface area contributed by atoms with Gasteiger partial charge in [-0.2, -0.15) is 0 Å². The Morgan fingerprint density at radius 1 is 1.27 bits per heavy atom. The van der Waals surface area contributed by atoms with Crippen LogP contribution in [0, 0.1) is 0 Å². The second-order valence-electron chi connectivity index (χ2n) is 5.57. The highest BCUT2D eigenvalue weighted by Gasteiger charge is 2.11. The van der Waals surface area contributed by atoms with Crippen LogP contribution in [0.1, 0.15) is 29.6 Å². The van der Waals surface area contributed by atoms with Gasteiger partial charge in [0, 0.05) is 24.8 Å². The van der Waals surface area contributed by atoms with Gasteiger partial charge < -0.3 is 10.2 Å². The highest BCUT2D eigenvalue weighted by molar-refractivity contribution is 7.13. The lowest BCUT2D eigenvalue weighted by Crippen LogP contribution is -2.37. The molecule has 116 valence electrons. The summed E-state index contributed by atoms with van der Waals surface area (Å²) in [5, 5.41) is 5.03. The van der Waals surface area contributed by atoms with Gasteiger partial charge in [0.25, 0.3) is 5.91 Å². The Hall–Kier alpha value is -1.72. The molecule has 3 heterocycles. The van der Waals surface area contributed by atoms with Crippen LogP contribution in [0.5, 0.6) is 0 Å². The van der Waals surface area contributed by atoms with E-state index < -0.39 is 0 Å². The fourth-order valence-electron chi connectivity index (χ4n) is 2.74. The van der Waals surface area contributed by atoms with E-state index in [4.69, 9.17) is 0 Å². The summed E-state index contributed by atoms with van der Waals surface area (Å²) in [4.78, 5) is 20.1. The highest BCUT2D eigenvalue weighted by Crippen LogP contribution is 2.22. The average Bonchev–Trinajstić information content (AvgIpc) is 3.10. The topological polar surface area (TPSA) is 45.2 Å². The molecule has 1 fully saturated rings. The SMILES string of the molecule is O=C(NCCN1CCCCC1)c1ccnc(-c2cccs2)c1. The monoisotopic (exact) mass is 315 g/mol. The first-order valence-electron chi connectivity index (χ1n) is 7.83. The van der Waals surface area contributed by atoms with Crippen LogP contribution in [0.4, 0.5) is 0 Å². The van der Waals surface area contributed by atoms with E-state index in [2.05, 4.69) is 15.2 Å². The molecule has 1 N–H and O–H groups in total. The Morgan fingerprint density at radius 3 is 2.91 bits per heavy atom. The molecule has 0 atom stereocenters. The van der Waals surface area contributed by atoms with E-state index in [0.717, 1.165) is 30.2 Å². The van der Waals surface area contributed by atoms with Crippen LogP contribution >= 0.6 is 11.3 Å². The van der Waals surface area contributed by atoms with Gasteiger partial charge in [0.05, 0.1) is 10.6 Å². The summed E-state index contributed by atoms with van der Waals surface area (Å²) in [6.45, 7) is 3.96. The molecule has 0 unspecified atom stereocenters. The van der Waals surface area contributed by atoms with E-state index in [-0.39, 0.29) is 5.91 Å². The molecule has 1 saturated heterocycles. The molecule has 5 heteroatoms. The summed E-state index contributed by atoms with van der Waals surface area (Å²) in [5.41, 5.74) is 1.54. The number of rotatable bonds is 5. The molecule has 1 aliphatic rings. The summed E-state index contributed by atoms with van der Waals surface area (Å²) in [6, 6.07) is 7.65. The minimum Gasteiger partial charge on any atom is -0.351 e. The molecule has 22 heavy (non-hydrogen) atoms. The molecule has 2 aromatic heterocycles. The molecule has 1 aliphatic heterocycles. The number of nitrogens with one attached hydrogen (secondary N) is 1. The number of pyridine rings is 1. The number of hydrogen-bond acceptors (Lipinski definition) is 4. The molecular formula is C17H21N3OS. The third kappa shape index (κ3) is 3.93. The number of carbonyl (C=O) groups is 1. The molecule has 1 amide bonds. The fourth-order valence-corrected chi connectivity index (χ4v) is 3.44. The molecule has 0 aromatic carbocycles. The lowest BCUT2D eigenvalue weighted by molar-refractivity contribution is 0.0946. The summed E-state index contributed by atoms with van der Waals surface area (Å²) < 4.78 is 0. The lowest BCUT2D eigenvalue weighted by atomic mass is 10.1. The van der Waals surface area contributed by atoms with Crippen molar-refractivity contribution >= 4 is 17.2 Å². The number of aromatic nitrogens is 1. The number of amides is 1. The number of likely N-dealkylation sites (tertiary alicyclic amines) is 1. The molecule has 0 spiro atoms. The van der Waals surface area contributed by atoms with E-state index in [1.54, 1.807) is 23.6 Å². The van der Waals surface area contributed by atoms with Gasteiger partial charge in [-0.15, -0.1) is 11.3 Å². The highest BCUT2D eigenvalue weighted by atomic mass is 32.1. The van der Waals surface area contributed by atoms with Crippen molar-refractivity contribution in [2.75, 3.05) is 26.2 Å². The predicted molar refractivity (Wildman–Crippen MR) is 90.2 cm³/mol. The number of nitrogens with zero attached hydrogens (tertiary/aromatic N) is 2. The van der Waals surface area contributed by atoms with Crippen LogP contribution in [-0.4, -0.2) is 42.0 Å². The Labute approximate surface area is 135 Å². The minimum absolute atomic E-state index is 0.0165. The molecule has 4 nitrogen and oxygen atoms in total. The first-order valence-corrected chi connectivity index (χ1v) is 8.71. The van der Waals surface area contributed by atoms with Crippen LogP contribution < -0.4 is 5.32 Å². The van der Waals surface area contributed by atoms with Crippen LogP contribution in [0.15, 0.2) is 35.8 Å². The number of hydrogen-bond donors (Lipinski definition) is 1. The van der Waals surface area contributed by atoms with Crippen LogP contribution in [0.2, 0.25) is 0 Å². The first kappa shape index (κ1) is 15.2. The Morgan fingerprint density at radius 2 is 2.14 bits per heavy atom. The zero-order valence-electron chi connectivity index (χ0n) is 12.6. The second kappa shape index (κ2) is 7.51. The van der Waals surface area contributed by atoms with Crippen LogP contribution in [0.25, 0.3) is 10.6 Å². The average molecular weight is 315 g/mol. The van der Waals surface area contributed by atoms with Crippen molar-refractivity contribution in [2.45, 2.75) is 19.3 Å². The van der Waals surface area contributed by atoms with Crippen molar-refractivity contribution in [1.29, 1.82) is 0 Å². The van der Waals surface area contributed by atoms with Crippen molar-refractivity contribution < 1.29 is 4.79 Å². The van der Waals surface area contributed by atoms with Crippen molar-refractivity contribution in [3.63, 3.8) is 0 Å². The zero-order valence-corrected chi connectivity index (χ0v) is 13.4. The molecule has 3 rings (SSSR count). The molecule has 0 bridgehead atoms. The largest absolute Gasteiger partial charge is 0.351 e. The summed E-state index contributed by atoms with van der Waals surface area (Å²) in [6.07, 6.45) is 5.60. The van der Waals surface area contributed by atoms with E-state index >= 15 is 0 Å². The summed E-state index contributed by atoms with van der Waals surface area (Å²) in [5.74, 6) is -0.0165. The van der Waals surface area contributed by atoms with E-state index in [0.29, 0.717) is 12.1 Å². The van der Waals surface area contributed by atoms with Gasteiger partial charge in [0.1, 0.15) is 0 Å². The van der Waals surface area contributed by atoms with Crippen molar-refractivity contribution in [3.8, 4) is 10.6 Å². The normalized spacial score (nSPS) is 15.6. The third-order valence-electron chi connectivity index (χ3n) is 3.96. The molecule has 0 aliphatic carbocycles. The van der Waals surface area contributed by atoms with Gasteiger partial charge in [-0.1, -0.05) is 12.5 Å². The maximum absolute atomic E-state index is 12.3. The van der Waals surface area contributed by atoms with E-state index in [1.807, 2.05) is 23.6 Å². The van der Waals surface area contributed by atoms with Gasteiger partial charge in [0.2, 0.25) is 0 Å². The summed E-state index contributed by atoms with van der Waals surface area (Å²) in [7, 11) is 0. The van der Waals surface area contributed by atoms with Crippen LogP contribution in [0.3, 0.4) is 0 Å². The Kier molecular flexibility index (Phi) is 5.19. The Bertz CT molecular complexity index is 606. The summed E-state index contributed by atoms with van der Waals surface area (Å²) >= 11 is 1.63. The van der Waals surface area contributed by atoms with Gasteiger partial charge in [-0.3, -0.25) is 9.78 Å². The predicted octanol–water partition coefficient (Wildman–Crippen LogP) is 3.03. The lowest BCUT2D eigenvalue weighted by Gasteiger charge is -2.26. The van der Waals surface area contributed by atoms with Gasteiger partial charge in [0.15, 0.2) is 0 Å². The minimum atomic E-state index is -0.0165. The molecule has 2 aromatic rings. The maximum atomic E-state index is 12.3. The Balaban J connectivity index is 1.54. The number of carbonyl (C=O) groups excluding carboxylic acids is 1. The third-order valence-corrected chi connectivity index (χ3v) is 4.85.